The fourth-order valence-corrected chi connectivity index (χ4v) is 1.45. The van der Waals surface area contributed by atoms with E-state index >= 15 is 0 Å². The highest BCUT2D eigenvalue weighted by atomic mass is 79.9. The molecule has 0 radical (unpaired) electrons. The van der Waals surface area contributed by atoms with Crippen LogP contribution in [0.15, 0.2) is 16.6 Å². The van der Waals surface area contributed by atoms with Gasteiger partial charge in [0.25, 0.3) is 0 Å². The average molecular weight is 256 g/mol. The van der Waals surface area contributed by atoms with E-state index in [1.165, 1.54) is 0 Å². The highest BCUT2D eigenvalue weighted by molar-refractivity contribution is 9.10. The van der Waals surface area contributed by atoms with Gasteiger partial charge in [-0.25, -0.2) is 0 Å². The van der Waals surface area contributed by atoms with E-state index in [0.29, 0.717) is 0 Å². The Kier molecular flexibility index (Phi) is 2.42. The number of nitrogens with two attached hydrogens (primary N) is 1. The molecule has 1 aromatic carbocycles. The number of phenolic OH excluding ortho intramolecular Hbond substituents is 1. The number of alkyl halides is 3. The molecule has 13 heavy (non-hydrogen) atoms. The maximum atomic E-state index is 12.3. The predicted molar refractivity (Wildman–Crippen MR) is 45.2 cm³/mol. The summed E-state index contributed by atoms with van der Waals surface area (Å²) in [7, 11) is 0. The van der Waals surface area contributed by atoms with Gasteiger partial charge in [-0.3, -0.25) is 0 Å². The number of aromatic hydroxyl groups is 1. The molecule has 0 aliphatic rings. The summed E-state index contributed by atoms with van der Waals surface area (Å²) in [6, 6.07) is 2.09. The second-order valence-electron chi connectivity index (χ2n) is 2.36. The Hall–Kier alpha value is -0.910. The van der Waals surface area contributed by atoms with Crippen molar-refractivity contribution in [2.75, 3.05) is 5.73 Å². The van der Waals surface area contributed by atoms with Gasteiger partial charge in [0, 0.05) is 5.69 Å². The third-order valence-electron chi connectivity index (χ3n) is 1.44. The van der Waals surface area contributed by atoms with Crippen molar-refractivity contribution in [2.45, 2.75) is 6.18 Å². The summed E-state index contributed by atoms with van der Waals surface area (Å²) < 4.78 is 36.4. The van der Waals surface area contributed by atoms with Gasteiger partial charge in [-0.2, -0.15) is 13.2 Å². The molecule has 0 fully saturated rings. The smallest absolute Gasteiger partial charge is 0.419 e. The second-order valence-corrected chi connectivity index (χ2v) is 3.15. The molecular formula is C7H5BrF3NO. The van der Waals surface area contributed by atoms with Gasteiger partial charge in [0.2, 0.25) is 0 Å². The minimum atomic E-state index is -4.57. The van der Waals surface area contributed by atoms with Gasteiger partial charge in [0.15, 0.2) is 0 Å². The zero-order valence-corrected chi connectivity index (χ0v) is 7.78. The zero-order chi connectivity index (χ0) is 10.2. The molecule has 1 aromatic rings. The summed E-state index contributed by atoms with van der Waals surface area (Å²) in [5.74, 6) is -0.485. The fourth-order valence-electron chi connectivity index (χ4n) is 0.868. The van der Waals surface area contributed by atoms with Crippen LogP contribution in [0.2, 0.25) is 0 Å². The molecule has 0 bridgehead atoms. The quantitative estimate of drug-likeness (QED) is 0.553. The van der Waals surface area contributed by atoms with Crippen LogP contribution in [0.25, 0.3) is 0 Å². The molecule has 0 aromatic heterocycles. The van der Waals surface area contributed by atoms with Gasteiger partial charge in [-0.15, -0.1) is 0 Å². The third kappa shape index (κ3) is 1.88. The SMILES string of the molecule is Nc1ccc(O)c(Br)c1C(F)(F)F. The Morgan fingerprint density at radius 3 is 2.23 bits per heavy atom. The van der Waals surface area contributed by atoms with Crippen molar-refractivity contribution >= 4 is 21.6 Å². The Morgan fingerprint density at radius 2 is 1.85 bits per heavy atom. The van der Waals surface area contributed by atoms with Crippen LogP contribution in [0.1, 0.15) is 5.56 Å². The highest BCUT2D eigenvalue weighted by Gasteiger charge is 2.36. The number of anilines is 1. The number of hydrogen-bond acceptors (Lipinski definition) is 2. The van der Waals surface area contributed by atoms with Crippen LogP contribution >= 0.6 is 15.9 Å². The summed E-state index contributed by atoms with van der Waals surface area (Å²) in [6.45, 7) is 0. The highest BCUT2D eigenvalue weighted by Crippen LogP contribution is 2.42. The zero-order valence-electron chi connectivity index (χ0n) is 6.19. The molecule has 0 aliphatic carbocycles. The molecule has 2 nitrogen and oxygen atoms in total. The average Bonchev–Trinajstić information content (AvgIpc) is 1.95. The van der Waals surface area contributed by atoms with Gasteiger partial charge in [-0.05, 0) is 28.1 Å². The van der Waals surface area contributed by atoms with E-state index in [2.05, 4.69) is 15.9 Å². The lowest BCUT2D eigenvalue weighted by Crippen LogP contribution is -2.09. The first-order valence-electron chi connectivity index (χ1n) is 3.18. The molecule has 3 N–H and O–H groups in total. The molecule has 0 amide bonds. The van der Waals surface area contributed by atoms with Crippen molar-refractivity contribution in [1.82, 2.24) is 0 Å². The lowest BCUT2D eigenvalue weighted by molar-refractivity contribution is -0.137. The molecule has 0 atom stereocenters. The summed E-state index contributed by atoms with van der Waals surface area (Å²) in [6.07, 6.45) is -4.57. The Morgan fingerprint density at radius 1 is 1.31 bits per heavy atom. The molecule has 6 heteroatoms. The van der Waals surface area contributed by atoms with E-state index in [-0.39, 0.29) is 0 Å². The van der Waals surface area contributed by atoms with E-state index in [1.807, 2.05) is 0 Å². The monoisotopic (exact) mass is 255 g/mol. The molecule has 72 valence electrons. The Balaban J connectivity index is 3.43. The molecule has 0 saturated heterocycles. The maximum Gasteiger partial charge on any atom is 0.419 e. The van der Waals surface area contributed by atoms with Crippen LogP contribution < -0.4 is 5.73 Å². The number of benzene rings is 1. The minimum absolute atomic E-state index is 0.419. The Labute approximate surface area is 80.3 Å². The van der Waals surface area contributed by atoms with Crippen molar-refractivity contribution in [3.05, 3.63) is 22.2 Å². The molecular weight excluding hydrogens is 251 g/mol. The van der Waals surface area contributed by atoms with Crippen molar-refractivity contribution in [1.29, 1.82) is 0 Å². The molecule has 0 unspecified atom stereocenters. The largest absolute Gasteiger partial charge is 0.507 e. The van der Waals surface area contributed by atoms with Crippen LogP contribution in [0.5, 0.6) is 5.75 Å². The van der Waals surface area contributed by atoms with Crippen LogP contribution in [0.4, 0.5) is 18.9 Å². The van der Waals surface area contributed by atoms with Crippen molar-refractivity contribution in [3.8, 4) is 5.75 Å². The molecule has 0 heterocycles. The van der Waals surface area contributed by atoms with Crippen molar-refractivity contribution in [3.63, 3.8) is 0 Å². The van der Waals surface area contributed by atoms with Crippen LogP contribution in [0, 0.1) is 0 Å². The normalized spacial score (nSPS) is 11.7. The first kappa shape index (κ1) is 10.2. The molecule has 0 saturated carbocycles. The summed E-state index contributed by atoms with van der Waals surface area (Å²) >= 11 is 2.62. The first-order chi connectivity index (χ1) is 5.84. The van der Waals surface area contributed by atoms with Crippen molar-refractivity contribution in [2.24, 2.45) is 0 Å². The summed E-state index contributed by atoms with van der Waals surface area (Å²) in [4.78, 5) is 0. The topological polar surface area (TPSA) is 46.2 Å². The van der Waals surface area contributed by atoms with E-state index in [0.717, 1.165) is 12.1 Å². The number of rotatable bonds is 0. The number of nitrogen functional groups attached to an aromatic ring is 1. The van der Waals surface area contributed by atoms with Crippen LogP contribution in [0.3, 0.4) is 0 Å². The van der Waals surface area contributed by atoms with Gasteiger partial charge in [0.1, 0.15) is 5.75 Å². The van der Waals surface area contributed by atoms with Gasteiger partial charge < -0.3 is 10.8 Å². The van der Waals surface area contributed by atoms with Crippen LogP contribution in [-0.4, -0.2) is 5.11 Å². The van der Waals surface area contributed by atoms with E-state index in [1.54, 1.807) is 0 Å². The first-order valence-corrected chi connectivity index (χ1v) is 3.97. The molecule has 1 rings (SSSR count). The van der Waals surface area contributed by atoms with Crippen molar-refractivity contribution < 1.29 is 18.3 Å². The lowest BCUT2D eigenvalue weighted by Gasteiger charge is -2.12. The second kappa shape index (κ2) is 3.10. The summed E-state index contributed by atoms with van der Waals surface area (Å²) in [5.41, 5.74) is 3.65. The van der Waals surface area contributed by atoms with E-state index in [4.69, 9.17) is 10.8 Å². The Bertz CT molecular complexity index is 337. The molecule has 0 spiro atoms. The number of halogens is 4. The number of phenols is 1. The fraction of sp³-hybridized carbons (Fsp3) is 0.143. The van der Waals surface area contributed by atoms with Gasteiger partial charge in [0.05, 0.1) is 10.0 Å². The number of hydrogen-bond donors (Lipinski definition) is 2. The van der Waals surface area contributed by atoms with E-state index in [9.17, 15) is 13.2 Å². The predicted octanol–water partition coefficient (Wildman–Crippen LogP) is 2.76. The minimum Gasteiger partial charge on any atom is -0.507 e. The van der Waals surface area contributed by atoms with Gasteiger partial charge in [-0.1, -0.05) is 0 Å². The molecule has 0 aliphatic heterocycles. The summed E-state index contributed by atoms with van der Waals surface area (Å²) in [5, 5.41) is 8.99. The third-order valence-corrected chi connectivity index (χ3v) is 2.24. The van der Waals surface area contributed by atoms with Gasteiger partial charge >= 0.3 is 6.18 Å². The van der Waals surface area contributed by atoms with E-state index < -0.39 is 27.6 Å². The maximum absolute atomic E-state index is 12.3. The van der Waals surface area contributed by atoms with Crippen LogP contribution in [-0.2, 0) is 6.18 Å². The standard InChI is InChI=1S/C7H5BrF3NO/c8-6-4(13)2-1-3(12)5(6)7(9,10)11/h1-2,13H,12H2. The lowest BCUT2D eigenvalue weighted by atomic mass is 10.1.